The fraction of sp³-hybridized carbons (Fsp3) is 1.00. The van der Waals surface area contributed by atoms with Gasteiger partial charge in [-0.25, -0.2) is 0 Å². The van der Waals surface area contributed by atoms with Crippen molar-refractivity contribution in [3.05, 3.63) is 0 Å². The van der Waals surface area contributed by atoms with Gasteiger partial charge in [0.2, 0.25) is 0 Å². The molecule has 1 saturated heterocycles. The molecule has 0 bridgehead atoms. The molecule has 2 heteroatoms. The molecule has 0 amide bonds. The molecule has 1 rings (SSSR count). The van der Waals surface area contributed by atoms with Gasteiger partial charge in [0.15, 0.2) is 0 Å². The molecule has 0 aromatic carbocycles. The van der Waals surface area contributed by atoms with Gasteiger partial charge in [-0.3, -0.25) is 0 Å². The highest BCUT2D eigenvalue weighted by Gasteiger charge is 2.32. The van der Waals surface area contributed by atoms with E-state index < -0.39 is 0 Å². The van der Waals surface area contributed by atoms with Gasteiger partial charge < -0.3 is 10.2 Å². The van der Waals surface area contributed by atoms with Crippen molar-refractivity contribution in [2.75, 3.05) is 26.7 Å². The Morgan fingerprint density at radius 3 is 2.60 bits per heavy atom. The SMILES string of the molecule is CCC1(CN(C)CCC(C)C)CCCN1. The summed E-state index contributed by atoms with van der Waals surface area (Å²) in [5, 5.41) is 3.70. The average Bonchev–Trinajstić information content (AvgIpc) is 2.64. The standard InChI is InChI=1S/C13H28N2/c1-5-13(8-6-9-14-13)11-15(4)10-7-12(2)3/h12,14H,5-11H2,1-4H3. The van der Waals surface area contributed by atoms with Crippen LogP contribution in [0.25, 0.3) is 0 Å². The summed E-state index contributed by atoms with van der Waals surface area (Å²) in [5.74, 6) is 0.821. The van der Waals surface area contributed by atoms with Gasteiger partial charge in [0, 0.05) is 12.1 Å². The highest BCUT2D eigenvalue weighted by Crippen LogP contribution is 2.23. The Morgan fingerprint density at radius 2 is 2.13 bits per heavy atom. The summed E-state index contributed by atoms with van der Waals surface area (Å²) in [6.45, 7) is 10.6. The van der Waals surface area contributed by atoms with E-state index in [0.29, 0.717) is 5.54 Å². The van der Waals surface area contributed by atoms with E-state index in [2.05, 4.69) is 38.0 Å². The van der Waals surface area contributed by atoms with Crippen LogP contribution in [0, 0.1) is 5.92 Å². The van der Waals surface area contributed by atoms with Crippen molar-refractivity contribution in [2.45, 2.75) is 52.0 Å². The lowest BCUT2D eigenvalue weighted by Crippen LogP contribution is -2.48. The maximum absolute atomic E-state index is 3.70. The van der Waals surface area contributed by atoms with Crippen molar-refractivity contribution in [3.63, 3.8) is 0 Å². The molecule has 1 unspecified atom stereocenters. The zero-order valence-electron chi connectivity index (χ0n) is 11.0. The molecule has 1 atom stereocenters. The molecule has 0 spiro atoms. The first-order valence-electron chi connectivity index (χ1n) is 6.51. The van der Waals surface area contributed by atoms with Gasteiger partial charge in [-0.05, 0) is 51.7 Å². The molecule has 0 radical (unpaired) electrons. The molecule has 0 aliphatic carbocycles. The van der Waals surface area contributed by atoms with E-state index in [9.17, 15) is 0 Å². The summed E-state index contributed by atoms with van der Waals surface area (Å²) < 4.78 is 0. The fourth-order valence-corrected chi connectivity index (χ4v) is 2.49. The number of hydrogen-bond acceptors (Lipinski definition) is 2. The first-order valence-corrected chi connectivity index (χ1v) is 6.51. The molecule has 1 fully saturated rings. The number of rotatable bonds is 6. The summed E-state index contributed by atoms with van der Waals surface area (Å²) in [6, 6.07) is 0. The van der Waals surface area contributed by atoms with Crippen molar-refractivity contribution in [1.29, 1.82) is 0 Å². The van der Waals surface area contributed by atoms with Crippen molar-refractivity contribution >= 4 is 0 Å². The van der Waals surface area contributed by atoms with E-state index in [1.807, 2.05) is 0 Å². The summed E-state index contributed by atoms with van der Waals surface area (Å²) in [6.07, 6.45) is 5.29. The number of nitrogens with one attached hydrogen (secondary N) is 1. The van der Waals surface area contributed by atoms with Crippen molar-refractivity contribution < 1.29 is 0 Å². The van der Waals surface area contributed by atoms with Crippen LogP contribution < -0.4 is 5.32 Å². The third kappa shape index (κ3) is 4.12. The lowest BCUT2D eigenvalue weighted by atomic mass is 9.93. The molecule has 1 heterocycles. The largest absolute Gasteiger partial charge is 0.310 e. The molecule has 90 valence electrons. The maximum atomic E-state index is 3.70. The molecule has 0 aromatic rings. The third-order valence-corrected chi connectivity index (χ3v) is 3.67. The maximum Gasteiger partial charge on any atom is 0.0306 e. The molecule has 1 N–H and O–H groups in total. The second-order valence-electron chi connectivity index (χ2n) is 5.58. The molecule has 2 nitrogen and oxygen atoms in total. The fourth-order valence-electron chi connectivity index (χ4n) is 2.49. The normalized spacial score (nSPS) is 26.8. The van der Waals surface area contributed by atoms with Gasteiger partial charge in [-0.1, -0.05) is 20.8 Å². The van der Waals surface area contributed by atoms with Crippen LogP contribution in [0.5, 0.6) is 0 Å². The number of likely N-dealkylation sites (N-methyl/N-ethyl adjacent to an activating group) is 1. The Labute approximate surface area is 95.4 Å². The smallest absolute Gasteiger partial charge is 0.0306 e. The molecule has 15 heavy (non-hydrogen) atoms. The van der Waals surface area contributed by atoms with Gasteiger partial charge in [0.1, 0.15) is 0 Å². The Kier molecular flexibility index (Phi) is 5.07. The molecule has 1 aliphatic rings. The topological polar surface area (TPSA) is 15.3 Å². The minimum Gasteiger partial charge on any atom is -0.310 e. The van der Waals surface area contributed by atoms with Crippen LogP contribution in [0.1, 0.15) is 46.5 Å². The van der Waals surface area contributed by atoms with Gasteiger partial charge in [0.05, 0.1) is 0 Å². The van der Waals surface area contributed by atoms with E-state index in [1.165, 1.54) is 45.3 Å². The number of hydrogen-bond donors (Lipinski definition) is 1. The van der Waals surface area contributed by atoms with Crippen molar-refractivity contribution in [1.82, 2.24) is 10.2 Å². The first-order chi connectivity index (χ1) is 7.08. The predicted octanol–water partition coefficient (Wildman–Crippen LogP) is 2.50. The highest BCUT2D eigenvalue weighted by molar-refractivity contribution is 4.93. The van der Waals surface area contributed by atoms with E-state index in [-0.39, 0.29) is 0 Å². The predicted molar refractivity (Wildman–Crippen MR) is 67.2 cm³/mol. The minimum absolute atomic E-state index is 0.422. The zero-order chi connectivity index (χ0) is 11.3. The summed E-state index contributed by atoms with van der Waals surface area (Å²) in [5.41, 5.74) is 0.422. The van der Waals surface area contributed by atoms with E-state index in [1.54, 1.807) is 0 Å². The second kappa shape index (κ2) is 5.86. The van der Waals surface area contributed by atoms with Crippen LogP contribution in [0.2, 0.25) is 0 Å². The minimum atomic E-state index is 0.422. The van der Waals surface area contributed by atoms with E-state index in [0.717, 1.165) is 5.92 Å². The Balaban J connectivity index is 2.31. The Morgan fingerprint density at radius 1 is 1.40 bits per heavy atom. The van der Waals surface area contributed by atoms with E-state index in [4.69, 9.17) is 0 Å². The van der Waals surface area contributed by atoms with E-state index >= 15 is 0 Å². The number of nitrogens with zero attached hydrogens (tertiary/aromatic N) is 1. The summed E-state index contributed by atoms with van der Waals surface area (Å²) in [4.78, 5) is 2.50. The molecular formula is C13H28N2. The average molecular weight is 212 g/mol. The lowest BCUT2D eigenvalue weighted by Gasteiger charge is -2.33. The zero-order valence-corrected chi connectivity index (χ0v) is 11.0. The van der Waals surface area contributed by atoms with Crippen LogP contribution >= 0.6 is 0 Å². The first kappa shape index (κ1) is 13.0. The molecule has 0 saturated carbocycles. The van der Waals surface area contributed by atoms with Crippen LogP contribution in [-0.4, -0.2) is 37.1 Å². The summed E-state index contributed by atoms with van der Waals surface area (Å²) in [7, 11) is 2.26. The monoisotopic (exact) mass is 212 g/mol. The van der Waals surface area contributed by atoms with Crippen LogP contribution in [-0.2, 0) is 0 Å². The van der Waals surface area contributed by atoms with Crippen LogP contribution in [0.15, 0.2) is 0 Å². The lowest BCUT2D eigenvalue weighted by molar-refractivity contribution is 0.211. The Bertz CT molecular complexity index is 171. The molecule has 1 aliphatic heterocycles. The third-order valence-electron chi connectivity index (χ3n) is 3.67. The van der Waals surface area contributed by atoms with Gasteiger partial charge >= 0.3 is 0 Å². The van der Waals surface area contributed by atoms with Crippen LogP contribution in [0.3, 0.4) is 0 Å². The van der Waals surface area contributed by atoms with Crippen LogP contribution in [0.4, 0.5) is 0 Å². The molecule has 0 aromatic heterocycles. The highest BCUT2D eigenvalue weighted by atomic mass is 15.2. The van der Waals surface area contributed by atoms with Crippen molar-refractivity contribution in [3.8, 4) is 0 Å². The van der Waals surface area contributed by atoms with Gasteiger partial charge in [0.25, 0.3) is 0 Å². The van der Waals surface area contributed by atoms with Gasteiger partial charge in [-0.15, -0.1) is 0 Å². The van der Waals surface area contributed by atoms with Gasteiger partial charge in [-0.2, -0.15) is 0 Å². The molecular weight excluding hydrogens is 184 g/mol. The summed E-state index contributed by atoms with van der Waals surface area (Å²) >= 11 is 0. The quantitative estimate of drug-likeness (QED) is 0.728. The van der Waals surface area contributed by atoms with Crippen molar-refractivity contribution in [2.24, 2.45) is 5.92 Å². The Hall–Kier alpha value is -0.0800. The second-order valence-corrected chi connectivity index (χ2v) is 5.58.